The van der Waals surface area contributed by atoms with Gasteiger partial charge in [0, 0.05) is 0 Å². The molecule has 0 saturated heterocycles. The van der Waals surface area contributed by atoms with Crippen molar-refractivity contribution < 1.29 is 5.11 Å². The van der Waals surface area contributed by atoms with Gasteiger partial charge in [-0.2, -0.15) is 0 Å². The summed E-state index contributed by atoms with van der Waals surface area (Å²) in [5.74, 6) is 2.33. The van der Waals surface area contributed by atoms with Crippen molar-refractivity contribution in [1.29, 1.82) is 0 Å². The van der Waals surface area contributed by atoms with Crippen molar-refractivity contribution in [3.05, 3.63) is 12.2 Å². The van der Waals surface area contributed by atoms with Gasteiger partial charge in [0.05, 0.1) is 6.10 Å². The Morgan fingerprint density at radius 2 is 1.57 bits per heavy atom. The van der Waals surface area contributed by atoms with Crippen LogP contribution in [0, 0.1) is 39.4 Å². The minimum absolute atomic E-state index is 0.0833. The SMILES string of the molecule is CC1(C)C(O)CC[C@]2(C)[C@H]3CCC4C=CC[C@@]4(C)[C@]3(C)CC[C@@H]12. The summed E-state index contributed by atoms with van der Waals surface area (Å²) in [5.41, 5.74) is 1.46. The van der Waals surface area contributed by atoms with Gasteiger partial charge in [0.15, 0.2) is 0 Å². The lowest BCUT2D eigenvalue weighted by molar-refractivity contribution is -0.217. The van der Waals surface area contributed by atoms with Crippen LogP contribution >= 0.6 is 0 Å². The summed E-state index contributed by atoms with van der Waals surface area (Å²) in [4.78, 5) is 0. The Hall–Kier alpha value is -0.300. The number of rotatable bonds is 0. The third-order valence-electron chi connectivity index (χ3n) is 9.83. The van der Waals surface area contributed by atoms with Gasteiger partial charge in [0.25, 0.3) is 0 Å². The Kier molecular flexibility index (Phi) is 3.27. The zero-order valence-corrected chi connectivity index (χ0v) is 15.9. The van der Waals surface area contributed by atoms with Gasteiger partial charge in [0.2, 0.25) is 0 Å². The van der Waals surface area contributed by atoms with E-state index in [4.69, 9.17) is 0 Å². The largest absolute Gasteiger partial charge is 0.393 e. The van der Waals surface area contributed by atoms with E-state index in [1.165, 1.54) is 38.5 Å². The van der Waals surface area contributed by atoms with Gasteiger partial charge in [-0.05, 0) is 84.4 Å². The third-order valence-corrected chi connectivity index (χ3v) is 9.83. The molecule has 1 N–H and O–H groups in total. The number of allylic oxidation sites excluding steroid dienone is 2. The molecule has 3 fully saturated rings. The first-order chi connectivity index (χ1) is 10.7. The Labute approximate surface area is 142 Å². The van der Waals surface area contributed by atoms with Gasteiger partial charge in [-0.1, -0.05) is 46.8 Å². The lowest BCUT2D eigenvalue weighted by atomic mass is 9.35. The first-order valence-electron chi connectivity index (χ1n) is 10.0. The molecule has 0 aromatic carbocycles. The topological polar surface area (TPSA) is 20.2 Å². The molecule has 0 aliphatic heterocycles. The first kappa shape index (κ1) is 16.2. The Morgan fingerprint density at radius 1 is 0.826 bits per heavy atom. The molecule has 4 aliphatic rings. The quantitative estimate of drug-likeness (QED) is 0.578. The second-order valence-electron chi connectivity index (χ2n) is 10.7. The van der Waals surface area contributed by atoms with Crippen molar-refractivity contribution in [2.45, 2.75) is 85.7 Å². The maximum absolute atomic E-state index is 10.6. The second kappa shape index (κ2) is 4.65. The van der Waals surface area contributed by atoms with Crippen molar-refractivity contribution in [3.8, 4) is 0 Å². The average Bonchev–Trinajstić information content (AvgIpc) is 2.86. The van der Waals surface area contributed by atoms with Crippen LogP contribution in [0.2, 0.25) is 0 Å². The predicted molar refractivity (Wildman–Crippen MR) is 96.0 cm³/mol. The van der Waals surface area contributed by atoms with Crippen molar-refractivity contribution >= 4 is 0 Å². The molecule has 1 heteroatoms. The van der Waals surface area contributed by atoms with E-state index >= 15 is 0 Å². The minimum atomic E-state index is -0.106. The fourth-order valence-electron chi connectivity index (χ4n) is 8.13. The van der Waals surface area contributed by atoms with Gasteiger partial charge in [-0.25, -0.2) is 0 Å². The van der Waals surface area contributed by atoms with Crippen LogP contribution in [-0.2, 0) is 0 Å². The van der Waals surface area contributed by atoms with Crippen LogP contribution < -0.4 is 0 Å². The normalized spacial score (nSPS) is 57.5. The summed E-state index contributed by atoms with van der Waals surface area (Å²) >= 11 is 0. The highest BCUT2D eigenvalue weighted by Gasteiger charge is 2.66. The van der Waals surface area contributed by atoms with Gasteiger partial charge >= 0.3 is 0 Å². The summed E-state index contributed by atoms with van der Waals surface area (Å²) in [7, 11) is 0. The van der Waals surface area contributed by atoms with Gasteiger partial charge in [-0.3, -0.25) is 0 Å². The summed E-state index contributed by atoms with van der Waals surface area (Å²) in [6.07, 6.45) is 13.9. The van der Waals surface area contributed by atoms with Crippen LogP contribution in [0.25, 0.3) is 0 Å². The van der Waals surface area contributed by atoms with Crippen LogP contribution in [0.4, 0.5) is 0 Å². The van der Waals surface area contributed by atoms with Crippen LogP contribution in [-0.4, -0.2) is 11.2 Å². The highest BCUT2D eigenvalue weighted by Crippen LogP contribution is 2.73. The molecule has 0 aromatic heterocycles. The van der Waals surface area contributed by atoms with E-state index in [-0.39, 0.29) is 11.5 Å². The summed E-state index contributed by atoms with van der Waals surface area (Å²) < 4.78 is 0. The van der Waals surface area contributed by atoms with E-state index < -0.39 is 0 Å². The maximum Gasteiger partial charge on any atom is 0.0594 e. The number of fused-ring (bicyclic) bond motifs is 5. The smallest absolute Gasteiger partial charge is 0.0594 e. The lowest BCUT2D eigenvalue weighted by Gasteiger charge is -2.69. The molecule has 1 nitrogen and oxygen atoms in total. The molecule has 2 unspecified atom stereocenters. The van der Waals surface area contributed by atoms with E-state index in [2.05, 4.69) is 46.8 Å². The average molecular weight is 317 g/mol. The van der Waals surface area contributed by atoms with Crippen LogP contribution in [0.15, 0.2) is 12.2 Å². The Balaban J connectivity index is 1.76. The lowest BCUT2D eigenvalue weighted by Crippen LogP contribution is -2.63. The fourth-order valence-corrected chi connectivity index (χ4v) is 8.13. The molecule has 0 aromatic rings. The molecular weight excluding hydrogens is 280 g/mol. The number of aliphatic hydroxyl groups is 1. The molecule has 0 spiro atoms. The molecule has 0 bridgehead atoms. The molecule has 0 radical (unpaired) electrons. The first-order valence-corrected chi connectivity index (χ1v) is 10.0. The van der Waals surface area contributed by atoms with E-state index in [0.717, 1.165) is 18.3 Å². The van der Waals surface area contributed by atoms with E-state index in [1.54, 1.807) is 0 Å². The molecule has 4 aliphatic carbocycles. The zero-order chi connectivity index (χ0) is 16.7. The predicted octanol–water partition coefficient (Wildman–Crippen LogP) is 5.58. The van der Waals surface area contributed by atoms with Gasteiger partial charge in [-0.15, -0.1) is 0 Å². The zero-order valence-electron chi connectivity index (χ0n) is 15.9. The Bertz CT molecular complexity index is 534. The third kappa shape index (κ3) is 1.78. The highest BCUT2D eigenvalue weighted by molar-refractivity contribution is 5.21. The van der Waals surface area contributed by atoms with Gasteiger partial charge < -0.3 is 5.11 Å². The molecule has 3 saturated carbocycles. The van der Waals surface area contributed by atoms with Crippen LogP contribution in [0.1, 0.15) is 79.6 Å². The maximum atomic E-state index is 10.6. The monoisotopic (exact) mass is 316 g/mol. The second-order valence-corrected chi connectivity index (χ2v) is 10.7. The van der Waals surface area contributed by atoms with Crippen LogP contribution in [0.3, 0.4) is 0 Å². The summed E-state index contributed by atoms with van der Waals surface area (Å²) in [6, 6.07) is 0. The van der Waals surface area contributed by atoms with E-state index in [0.29, 0.717) is 22.2 Å². The standard InChI is InChI=1S/C22H36O/c1-19(2)16-10-14-22(5)17(20(16,3)13-11-18(19)23)9-8-15-7-6-12-21(15,22)4/h6-7,15-18,23H,8-14H2,1-5H3/t15?,16-,17+,18?,20-,21+,22+/m0/s1. The highest BCUT2D eigenvalue weighted by atomic mass is 16.3. The fraction of sp³-hybridized carbons (Fsp3) is 0.909. The van der Waals surface area contributed by atoms with Crippen molar-refractivity contribution in [1.82, 2.24) is 0 Å². The number of aliphatic hydroxyl groups excluding tert-OH is 1. The molecular formula is C22H36O. The molecule has 23 heavy (non-hydrogen) atoms. The molecule has 4 rings (SSSR count). The number of hydrogen-bond donors (Lipinski definition) is 1. The van der Waals surface area contributed by atoms with Gasteiger partial charge in [0.1, 0.15) is 0 Å². The molecule has 130 valence electrons. The summed E-state index contributed by atoms with van der Waals surface area (Å²) in [6.45, 7) is 12.5. The molecule has 0 amide bonds. The number of hydrogen-bond acceptors (Lipinski definition) is 1. The Morgan fingerprint density at radius 3 is 2.30 bits per heavy atom. The minimum Gasteiger partial charge on any atom is -0.393 e. The summed E-state index contributed by atoms with van der Waals surface area (Å²) in [5, 5.41) is 10.6. The van der Waals surface area contributed by atoms with Crippen LogP contribution in [0.5, 0.6) is 0 Å². The van der Waals surface area contributed by atoms with E-state index in [1.807, 2.05) is 0 Å². The van der Waals surface area contributed by atoms with Crippen molar-refractivity contribution in [3.63, 3.8) is 0 Å². The van der Waals surface area contributed by atoms with E-state index in [9.17, 15) is 5.11 Å². The van der Waals surface area contributed by atoms with Crippen molar-refractivity contribution in [2.24, 2.45) is 39.4 Å². The molecule has 7 atom stereocenters. The molecule has 0 heterocycles. The van der Waals surface area contributed by atoms with Crippen molar-refractivity contribution in [2.75, 3.05) is 0 Å².